The summed E-state index contributed by atoms with van der Waals surface area (Å²) in [6.45, 7) is 0. The number of nitrogens with zero attached hydrogens (tertiary/aromatic N) is 1. The maximum absolute atomic E-state index is 12.0. The number of amides is 1. The molecule has 1 amide bonds. The molecule has 0 bridgehead atoms. The van der Waals surface area contributed by atoms with Crippen LogP contribution in [0.1, 0.15) is 18.5 Å². The van der Waals surface area contributed by atoms with Crippen LogP contribution in [-0.4, -0.2) is 39.1 Å². The van der Waals surface area contributed by atoms with E-state index in [0.29, 0.717) is 10.7 Å². The molecule has 0 aliphatic heterocycles. The van der Waals surface area contributed by atoms with Crippen LogP contribution in [0.15, 0.2) is 29.6 Å². The standard InChI is InChI=1S/C16H15ClN2O5S/c17-10-3-1-9(2-4-10)15-18-11(8-25-15)7-13(20)19-12(16(23)24)5-6-14(21)22/h1-4,8,12H,5-7H2,(H,19,20)(H,21,22)(H,23,24)/t12-/m0/s1. The average molecular weight is 383 g/mol. The number of halogens is 1. The molecule has 1 aromatic heterocycles. The van der Waals surface area contributed by atoms with Gasteiger partial charge in [-0.1, -0.05) is 23.7 Å². The van der Waals surface area contributed by atoms with Crippen LogP contribution in [0, 0.1) is 0 Å². The summed E-state index contributed by atoms with van der Waals surface area (Å²) in [5, 5.41) is 23.0. The monoisotopic (exact) mass is 382 g/mol. The minimum absolute atomic E-state index is 0.0824. The molecular formula is C16H15ClN2O5S. The largest absolute Gasteiger partial charge is 0.481 e. The molecule has 1 atom stereocenters. The Morgan fingerprint density at radius 2 is 1.88 bits per heavy atom. The molecule has 132 valence electrons. The molecule has 0 saturated heterocycles. The first-order chi connectivity index (χ1) is 11.8. The predicted octanol–water partition coefficient (Wildman–Crippen LogP) is 2.44. The topological polar surface area (TPSA) is 117 Å². The van der Waals surface area contributed by atoms with E-state index in [9.17, 15) is 14.4 Å². The minimum Gasteiger partial charge on any atom is -0.481 e. The lowest BCUT2D eigenvalue weighted by Gasteiger charge is -2.12. The molecule has 0 aliphatic carbocycles. The summed E-state index contributed by atoms with van der Waals surface area (Å²) in [7, 11) is 0. The lowest BCUT2D eigenvalue weighted by molar-refractivity contribution is -0.143. The molecule has 0 radical (unpaired) electrons. The summed E-state index contributed by atoms with van der Waals surface area (Å²) in [6.07, 6.45) is -0.598. The number of aliphatic carboxylic acids is 2. The van der Waals surface area contributed by atoms with E-state index in [0.717, 1.165) is 10.6 Å². The zero-order chi connectivity index (χ0) is 18.4. The molecular weight excluding hydrogens is 368 g/mol. The Kier molecular flexibility index (Phi) is 6.49. The van der Waals surface area contributed by atoms with Gasteiger partial charge in [0.25, 0.3) is 0 Å². The smallest absolute Gasteiger partial charge is 0.326 e. The number of thiazole rings is 1. The molecule has 0 fully saturated rings. The Morgan fingerprint density at radius 1 is 1.20 bits per heavy atom. The molecule has 1 aromatic carbocycles. The molecule has 1 heterocycles. The Labute approximate surface area is 152 Å². The van der Waals surface area contributed by atoms with Crippen molar-refractivity contribution in [3.8, 4) is 10.6 Å². The van der Waals surface area contributed by atoms with E-state index in [1.54, 1.807) is 17.5 Å². The summed E-state index contributed by atoms with van der Waals surface area (Å²) >= 11 is 7.20. The molecule has 0 unspecified atom stereocenters. The van der Waals surface area contributed by atoms with Crippen LogP contribution < -0.4 is 5.32 Å². The summed E-state index contributed by atoms with van der Waals surface area (Å²) < 4.78 is 0. The molecule has 0 saturated carbocycles. The first-order valence-electron chi connectivity index (χ1n) is 7.29. The maximum atomic E-state index is 12.0. The van der Waals surface area contributed by atoms with Gasteiger partial charge in [0, 0.05) is 22.4 Å². The van der Waals surface area contributed by atoms with Crippen LogP contribution in [0.3, 0.4) is 0 Å². The number of carboxylic acids is 2. The van der Waals surface area contributed by atoms with Crippen LogP contribution >= 0.6 is 22.9 Å². The van der Waals surface area contributed by atoms with E-state index in [4.69, 9.17) is 21.8 Å². The van der Waals surface area contributed by atoms with Crippen molar-refractivity contribution in [3.05, 3.63) is 40.4 Å². The van der Waals surface area contributed by atoms with Crippen LogP contribution in [-0.2, 0) is 20.8 Å². The Balaban J connectivity index is 1.97. The summed E-state index contributed by atoms with van der Waals surface area (Å²) in [6, 6.07) is 5.88. The van der Waals surface area contributed by atoms with Crippen LogP contribution in [0.25, 0.3) is 10.6 Å². The third-order valence-electron chi connectivity index (χ3n) is 3.26. The van der Waals surface area contributed by atoms with Gasteiger partial charge in [-0.3, -0.25) is 9.59 Å². The molecule has 0 aliphatic rings. The average Bonchev–Trinajstić information content (AvgIpc) is 3.00. The van der Waals surface area contributed by atoms with Crippen molar-refractivity contribution in [1.82, 2.24) is 10.3 Å². The van der Waals surface area contributed by atoms with Crippen molar-refractivity contribution in [2.45, 2.75) is 25.3 Å². The number of benzene rings is 1. The number of nitrogens with one attached hydrogen (secondary N) is 1. The molecule has 2 aromatic rings. The van der Waals surface area contributed by atoms with Gasteiger partial charge in [-0.25, -0.2) is 9.78 Å². The van der Waals surface area contributed by atoms with E-state index < -0.39 is 23.9 Å². The van der Waals surface area contributed by atoms with E-state index in [2.05, 4.69) is 10.3 Å². The third kappa shape index (κ3) is 5.84. The van der Waals surface area contributed by atoms with Gasteiger partial charge in [-0.05, 0) is 18.6 Å². The van der Waals surface area contributed by atoms with E-state index in [1.165, 1.54) is 11.3 Å². The third-order valence-corrected chi connectivity index (χ3v) is 4.46. The van der Waals surface area contributed by atoms with Gasteiger partial charge in [0.15, 0.2) is 0 Å². The number of carbonyl (C=O) groups is 3. The Bertz CT molecular complexity index is 775. The highest BCUT2D eigenvalue weighted by atomic mass is 35.5. The highest BCUT2D eigenvalue weighted by Crippen LogP contribution is 2.25. The number of aromatic nitrogens is 1. The van der Waals surface area contributed by atoms with Gasteiger partial charge >= 0.3 is 11.9 Å². The highest BCUT2D eigenvalue weighted by Gasteiger charge is 2.21. The van der Waals surface area contributed by atoms with Crippen molar-refractivity contribution in [2.75, 3.05) is 0 Å². The molecule has 0 spiro atoms. The van der Waals surface area contributed by atoms with Crippen molar-refractivity contribution < 1.29 is 24.6 Å². The second kappa shape index (κ2) is 8.59. The van der Waals surface area contributed by atoms with Gasteiger partial charge in [0.05, 0.1) is 12.1 Å². The first-order valence-corrected chi connectivity index (χ1v) is 8.55. The van der Waals surface area contributed by atoms with E-state index >= 15 is 0 Å². The SMILES string of the molecule is O=C(O)CC[C@H](NC(=O)Cc1csc(-c2ccc(Cl)cc2)n1)C(=O)O. The first kappa shape index (κ1) is 18.9. The fraction of sp³-hybridized carbons (Fsp3) is 0.250. The van der Waals surface area contributed by atoms with Crippen LogP contribution in [0.4, 0.5) is 0 Å². The predicted molar refractivity (Wildman–Crippen MR) is 92.7 cm³/mol. The van der Waals surface area contributed by atoms with E-state index in [1.807, 2.05) is 12.1 Å². The number of hydrogen-bond acceptors (Lipinski definition) is 5. The second-order valence-electron chi connectivity index (χ2n) is 5.22. The fourth-order valence-electron chi connectivity index (χ4n) is 2.05. The minimum atomic E-state index is -1.27. The molecule has 25 heavy (non-hydrogen) atoms. The van der Waals surface area contributed by atoms with Crippen molar-refractivity contribution in [2.24, 2.45) is 0 Å². The maximum Gasteiger partial charge on any atom is 0.326 e. The van der Waals surface area contributed by atoms with Crippen molar-refractivity contribution in [3.63, 3.8) is 0 Å². The lowest BCUT2D eigenvalue weighted by Crippen LogP contribution is -2.41. The highest BCUT2D eigenvalue weighted by molar-refractivity contribution is 7.13. The van der Waals surface area contributed by atoms with Crippen molar-refractivity contribution in [1.29, 1.82) is 0 Å². The fourth-order valence-corrected chi connectivity index (χ4v) is 3.00. The van der Waals surface area contributed by atoms with Crippen LogP contribution in [0.2, 0.25) is 5.02 Å². The summed E-state index contributed by atoms with van der Waals surface area (Å²) in [5.41, 5.74) is 1.38. The summed E-state index contributed by atoms with van der Waals surface area (Å²) in [5.74, 6) is -2.91. The zero-order valence-electron chi connectivity index (χ0n) is 12.9. The van der Waals surface area contributed by atoms with Gasteiger partial charge in [-0.2, -0.15) is 0 Å². The summed E-state index contributed by atoms with van der Waals surface area (Å²) in [4.78, 5) is 38.0. The van der Waals surface area contributed by atoms with Crippen LogP contribution in [0.5, 0.6) is 0 Å². The Morgan fingerprint density at radius 3 is 2.48 bits per heavy atom. The van der Waals surface area contributed by atoms with Gasteiger partial charge < -0.3 is 15.5 Å². The normalized spacial score (nSPS) is 11.7. The van der Waals surface area contributed by atoms with Crippen molar-refractivity contribution >= 4 is 40.8 Å². The second-order valence-corrected chi connectivity index (χ2v) is 6.51. The molecule has 7 nitrogen and oxygen atoms in total. The van der Waals surface area contributed by atoms with E-state index in [-0.39, 0.29) is 19.3 Å². The molecule has 2 rings (SSSR count). The van der Waals surface area contributed by atoms with Gasteiger partial charge in [-0.15, -0.1) is 11.3 Å². The number of hydrogen-bond donors (Lipinski definition) is 3. The Hall–Kier alpha value is -2.45. The quantitative estimate of drug-likeness (QED) is 0.645. The zero-order valence-corrected chi connectivity index (χ0v) is 14.5. The van der Waals surface area contributed by atoms with Gasteiger partial charge in [0.2, 0.25) is 5.91 Å². The lowest BCUT2D eigenvalue weighted by atomic mass is 10.1. The molecule has 9 heteroatoms. The molecule has 3 N–H and O–H groups in total. The number of rotatable bonds is 8. The number of carbonyl (C=O) groups excluding carboxylic acids is 1. The van der Waals surface area contributed by atoms with Gasteiger partial charge in [0.1, 0.15) is 11.0 Å². The number of carboxylic acid groups (broad SMARTS) is 2.